The summed E-state index contributed by atoms with van der Waals surface area (Å²) in [6.45, 7) is 2.85. The van der Waals surface area contributed by atoms with Gasteiger partial charge in [-0.25, -0.2) is 4.72 Å². The lowest BCUT2D eigenvalue weighted by molar-refractivity contribution is 0.483. The van der Waals surface area contributed by atoms with Crippen molar-refractivity contribution in [1.82, 2.24) is 4.72 Å². The van der Waals surface area contributed by atoms with Crippen LogP contribution in [0.5, 0.6) is 0 Å². The first kappa shape index (κ1) is 5.00. The first-order valence-corrected chi connectivity index (χ1v) is 2.87. The second-order valence-corrected chi connectivity index (χ2v) is 1.95. The highest BCUT2D eigenvalue weighted by Gasteiger charge is 1.95. The molecular formula is C4H7NOS. The number of allylic oxidation sites excluding steroid dienone is 1. The molecule has 3 heteroatoms. The topological polar surface area (TPSA) is 21.3 Å². The molecule has 0 saturated carbocycles. The molecule has 0 aliphatic carbocycles. The molecule has 1 rings (SSSR count). The van der Waals surface area contributed by atoms with Crippen LogP contribution in [0.25, 0.3) is 0 Å². The standard InChI is InChI=1S/C4H7NOS/c1-4-2-3-5-7-6-4/h2,5H,3H2,1H3. The second-order valence-electron chi connectivity index (χ2n) is 1.33. The van der Waals surface area contributed by atoms with Gasteiger partial charge in [0.25, 0.3) is 0 Å². The quantitative estimate of drug-likeness (QED) is 0.379. The Morgan fingerprint density at radius 3 is 3.14 bits per heavy atom. The molecular weight excluding hydrogens is 110 g/mol. The van der Waals surface area contributed by atoms with Gasteiger partial charge in [0.15, 0.2) is 0 Å². The third-order valence-electron chi connectivity index (χ3n) is 0.705. The summed E-state index contributed by atoms with van der Waals surface area (Å²) >= 11 is 1.28. The molecule has 0 unspecified atom stereocenters. The molecule has 0 fully saturated rings. The van der Waals surface area contributed by atoms with Gasteiger partial charge in [-0.1, -0.05) is 0 Å². The smallest absolute Gasteiger partial charge is 0.143 e. The van der Waals surface area contributed by atoms with Crippen LogP contribution < -0.4 is 4.72 Å². The van der Waals surface area contributed by atoms with E-state index in [1.807, 2.05) is 13.0 Å². The monoisotopic (exact) mass is 117 g/mol. The zero-order valence-electron chi connectivity index (χ0n) is 4.10. The van der Waals surface area contributed by atoms with Crippen molar-refractivity contribution in [3.8, 4) is 0 Å². The minimum atomic E-state index is 0.913. The van der Waals surface area contributed by atoms with E-state index < -0.39 is 0 Å². The Morgan fingerprint density at radius 2 is 2.86 bits per heavy atom. The summed E-state index contributed by atoms with van der Waals surface area (Å²) in [6, 6.07) is 0. The summed E-state index contributed by atoms with van der Waals surface area (Å²) in [4.78, 5) is 0. The van der Waals surface area contributed by atoms with Crippen LogP contribution in [0.4, 0.5) is 0 Å². The van der Waals surface area contributed by atoms with Gasteiger partial charge in [0, 0.05) is 6.54 Å². The van der Waals surface area contributed by atoms with Gasteiger partial charge in [-0.2, -0.15) is 0 Å². The maximum Gasteiger partial charge on any atom is 0.143 e. The average Bonchev–Trinajstić information content (AvgIpc) is 1.69. The lowest BCUT2D eigenvalue weighted by Gasteiger charge is -2.07. The van der Waals surface area contributed by atoms with Crippen LogP contribution in [0, 0.1) is 0 Å². The highest BCUT2D eigenvalue weighted by atomic mass is 32.2. The van der Waals surface area contributed by atoms with E-state index in [4.69, 9.17) is 4.18 Å². The Bertz CT molecular complexity index is 91.7. The molecule has 0 aromatic carbocycles. The Labute approximate surface area is 47.3 Å². The van der Waals surface area contributed by atoms with E-state index in [0.717, 1.165) is 12.3 Å². The number of rotatable bonds is 0. The fourth-order valence-corrected chi connectivity index (χ4v) is 0.758. The maximum atomic E-state index is 4.94. The van der Waals surface area contributed by atoms with Crippen LogP contribution in [0.3, 0.4) is 0 Å². The van der Waals surface area contributed by atoms with Crippen molar-refractivity contribution >= 4 is 12.2 Å². The van der Waals surface area contributed by atoms with Crippen molar-refractivity contribution < 1.29 is 4.18 Å². The first-order chi connectivity index (χ1) is 3.39. The number of nitrogens with one attached hydrogen (secondary N) is 1. The molecule has 0 aromatic heterocycles. The zero-order valence-corrected chi connectivity index (χ0v) is 4.92. The lowest BCUT2D eigenvalue weighted by Crippen LogP contribution is -2.08. The van der Waals surface area contributed by atoms with Crippen LogP contribution in [0.15, 0.2) is 11.8 Å². The van der Waals surface area contributed by atoms with E-state index in [1.165, 1.54) is 12.2 Å². The third kappa shape index (κ3) is 1.41. The van der Waals surface area contributed by atoms with Crippen molar-refractivity contribution in [2.75, 3.05) is 6.54 Å². The van der Waals surface area contributed by atoms with Gasteiger partial charge in [0.05, 0.1) is 0 Å². The van der Waals surface area contributed by atoms with Gasteiger partial charge >= 0.3 is 0 Å². The van der Waals surface area contributed by atoms with Gasteiger partial charge < -0.3 is 4.18 Å². The first-order valence-electron chi connectivity index (χ1n) is 2.13. The minimum absolute atomic E-state index is 0.913. The Hall–Kier alpha value is -0.150. The summed E-state index contributed by atoms with van der Waals surface area (Å²) in [5.41, 5.74) is 0. The molecule has 0 atom stereocenters. The van der Waals surface area contributed by atoms with Crippen molar-refractivity contribution in [2.45, 2.75) is 6.92 Å². The van der Waals surface area contributed by atoms with Crippen molar-refractivity contribution in [3.05, 3.63) is 11.8 Å². The summed E-state index contributed by atoms with van der Waals surface area (Å²) in [6.07, 6.45) is 2.00. The van der Waals surface area contributed by atoms with Crippen molar-refractivity contribution in [2.24, 2.45) is 0 Å². The molecule has 1 N–H and O–H groups in total. The Morgan fingerprint density at radius 1 is 2.00 bits per heavy atom. The third-order valence-corrected chi connectivity index (χ3v) is 1.34. The predicted octanol–water partition coefficient (Wildman–Crippen LogP) is 1.07. The number of hydrogen-bond donors (Lipinski definition) is 1. The van der Waals surface area contributed by atoms with Gasteiger partial charge in [-0.3, -0.25) is 0 Å². The highest BCUT2D eigenvalue weighted by Crippen LogP contribution is 2.09. The molecule has 1 heterocycles. The Balaban J connectivity index is 2.40. The zero-order chi connectivity index (χ0) is 5.11. The second kappa shape index (κ2) is 2.23. The van der Waals surface area contributed by atoms with Gasteiger partial charge in [-0.05, 0) is 13.0 Å². The highest BCUT2D eigenvalue weighted by molar-refractivity contribution is 7.92. The van der Waals surface area contributed by atoms with Crippen LogP contribution in [-0.2, 0) is 4.18 Å². The molecule has 0 bridgehead atoms. The predicted molar refractivity (Wildman–Crippen MR) is 30.4 cm³/mol. The van der Waals surface area contributed by atoms with E-state index in [2.05, 4.69) is 4.72 Å². The van der Waals surface area contributed by atoms with E-state index in [-0.39, 0.29) is 0 Å². The molecule has 1 aliphatic heterocycles. The van der Waals surface area contributed by atoms with Gasteiger partial charge in [0.2, 0.25) is 0 Å². The fraction of sp³-hybridized carbons (Fsp3) is 0.500. The molecule has 2 nitrogen and oxygen atoms in total. The summed E-state index contributed by atoms with van der Waals surface area (Å²) < 4.78 is 7.88. The van der Waals surface area contributed by atoms with Crippen LogP contribution in [0.2, 0.25) is 0 Å². The van der Waals surface area contributed by atoms with Gasteiger partial charge in [-0.15, -0.1) is 0 Å². The molecule has 0 saturated heterocycles. The molecule has 0 spiro atoms. The lowest BCUT2D eigenvalue weighted by atomic mass is 10.5. The van der Waals surface area contributed by atoms with E-state index in [9.17, 15) is 0 Å². The normalized spacial score (nSPS) is 20.4. The average molecular weight is 117 g/mol. The molecule has 7 heavy (non-hydrogen) atoms. The molecule has 0 radical (unpaired) electrons. The van der Waals surface area contributed by atoms with Crippen LogP contribution in [0.1, 0.15) is 6.92 Å². The van der Waals surface area contributed by atoms with Crippen molar-refractivity contribution in [1.29, 1.82) is 0 Å². The number of hydrogen-bond acceptors (Lipinski definition) is 3. The van der Waals surface area contributed by atoms with E-state index >= 15 is 0 Å². The van der Waals surface area contributed by atoms with E-state index in [0.29, 0.717) is 0 Å². The van der Waals surface area contributed by atoms with Crippen LogP contribution in [-0.4, -0.2) is 6.54 Å². The van der Waals surface area contributed by atoms with Crippen LogP contribution >= 0.6 is 12.2 Å². The van der Waals surface area contributed by atoms with Crippen molar-refractivity contribution in [3.63, 3.8) is 0 Å². The molecule has 0 amide bonds. The Kier molecular flexibility index (Phi) is 1.59. The maximum absolute atomic E-state index is 4.94. The molecule has 40 valence electrons. The summed E-state index contributed by atoms with van der Waals surface area (Å²) in [5.74, 6) is 0.990. The summed E-state index contributed by atoms with van der Waals surface area (Å²) in [5, 5.41) is 0. The largest absolute Gasteiger partial charge is 0.415 e. The molecule has 0 aromatic rings. The van der Waals surface area contributed by atoms with E-state index in [1.54, 1.807) is 0 Å². The minimum Gasteiger partial charge on any atom is -0.415 e. The summed E-state index contributed by atoms with van der Waals surface area (Å²) in [7, 11) is 0. The molecule has 1 aliphatic rings. The fourth-order valence-electron chi connectivity index (χ4n) is 0.349. The van der Waals surface area contributed by atoms with Gasteiger partial charge in [0.1, 0.15) is 18.0 Å². The SMILES string of the molecule is CC1=CCNSO1.